The van der Waals surface area contributed by atoms with E-state index >= 15 is 0 Å². The SMILES string of the molecule is COc1cc(N=Nc2cc3c4c(c2OC(C)C)C(C)(C)CCN4CCC3(C)C)c(OC)cc1N=Nc1ccc([N+](=O)[O-])cc1. The summed E-state index contributed by atoms with van der Waals surface area (Å²) in [7, 11) is 3.08. The number of nitro groups is 1. The second-order valence-corrected chi connectivity index (χ2v) is 12.8. The second kappa shape index (κ2) is 11.9. The Morgan fingerprint density at radius 3 is 1.91 bits per heavy atom. The molecule has 0 radical (unpaired) electrons. The molecule has 0 aliphatic carbocycles. The third kappa shape index (κ3) is 5.95. The molecule has 5 rings (SSSR count). The number of methoxy groups -OCH3 is 2. The van der Waals surface area contributed by atoms with Gasteiger partial charge in [-0.3, -0.25) is 10.1 Å². The third-order valence-electron chi connectivity index (χ3n) is 8.40. The average molecular weight is 601 g/mol. The molecule has 3 aromatic rings. The Kier molecular flexibility index (Phi) is 8.33. The second-order valence-electron chi connectivity index (χ2n) is 12.8. The lowest BCUT2D eigenvalue weighted by atomic mass is 9.69. The van der Waals surface area contributed by atoms with E-state index in [1.54, 1.807) is 19.2 Å². The topological polar surface area (TPSA) is 124 Å². The lowest BCUT2D eigenvalue weighted by Crippen LogP contribution is -2.45. The number of benzene rings is 3. The van der Waals surface area contributed by atoms with E-state index in [1.165, 1.54) is 48.2 Å². The minimum Gasteiger partial charge on any atom is -0.494 e. The summed E-state index contributed by atoms with van der Waals surface area (Å²) in [5, 5.41) is 28.9. The Bertz CT molecular complexity index is 1630. The van der Waals surface area contributed by atoms with E-state index in [-0.39, 0.29) is 22.6 Å². The Morgan fingerprint density at radius 2 is 1.36 bits per heavy atom. The van der Waals surface area contributed by atoms with Gasteiger partial charge in [0.05, 0.1) is 30.9 Å². The highest BCUT2D eigenvalue weighted by atomic mass is 16.6. The van der Waals surface area contributed by atoms with E-state index in [0.717, 1.165) is 31.7 Å². The lowest BCUT2D eigenvalue weighted by Gasteiger charge is -2.48. The van der Waals surface area contributed by atoms with Gasteiger partial charge in [0.1, 0.15) is 28.6 Å². The molecule has 0 atom stereocenters. The fraction of sp³-hybridized carbons (Fsp3) is 0.455. The van der Waals surface area contributed by atoms with Gasteiger partial charge in [-0.05, 0) is 61.3 Å². The van der Waals surface area contributed by atoms with Crippen LogP contribution >= 0.6 is 0 Å². The standard InChI is InChI=1S/C33H40N6O5/c1-20(2)44-31-26(17-23-30-29(31)33(5,6)14-16-38(30)15-13-32(23,3)4)37-36-25-19-27(42-7)24(18-28(25)43-8)35-34-21-9-11-22(12-10-21)39(40)41/h9-12,17-20H,13-16H2,1-8H3. The summed E-state index contributed by atoms with van der Waals surface area (Å²) in [6.07, 6.45) is 2.04. The molecule has 2 aliphatic rings. The summed E-state index contributed by atoms with van der Waals surface area (Å²) in [6.45, 7) is 15.3. The number of rotatable bonds is 9. The van der Waals surface area contributed by atoms with Crippen molar-refractivity contribution in [3.05, 3.63) is 63.7 Å². The lowest BCUT2D eigenvalue weighted by molar-refractivity contribution is -0.384. The molecule has 2 heterocycles. The first-order chi connectivity index (χ1) is 20.8. The molecule has 0 saturated heterocycles. The van der Waals surface area contributed by atoms with E-state index in [2.05, 4.69) is 54.0 Å². The van der Waals surface area contributed by atoms with E-state index in [4.69, 9.17) is 19.3 Å². The molecule has 0 saturated carbocycles. The van der Waals surface area contributed by atoms with Crippen molar-refractivity contribution < 1.29 is 19.1 Å². The van der Waals surface area contributed by atoms with Crippen LogP contribution in [0.1, 0.15) is 65.5 Å². The summed E-state index contributed by atoms with van der Waals surface area (Å²) in [5.41, 5.74) is 5.62. The zero-order valence-electron chi connectivity index (χ0n) is 26.7. The van der Waals surface area contributed by atoms with Crippen molar-refractivity contribution in [2.75, 3.05) is 32.2 Å². The van der Waals surface area contributed by atoms with Crippen molar-refractivity contribution >= 4 is 34.1 Å². The van der Waals surface area contributed by atoms with Gasteiger partial charge >= 0.3 is 0 Å². The smallest absolute Gasteiger partial charge is 0.269 e. The number of hydrogen-bond acceptors (Lipinski definition) is 10. The van der Waals surface area contributed by atoms with E-state index in [9.17, 15) is 10.1 Å². The zero-order chi connectivity index (χ0) is 31.8. The molecule has 3 aromatic carbocycles. The van der Waals surface area contributed by atoms with Crippen molar-refractivity contribution in [2.24, 2.45) is 20.5 Å². The van der Waals surface area contributed by atoms with Crippen molar-refractivity contribution in [2.45, 2.75) is 71.3 Å². The maximum atomic E-state index is 11.0. The molecule has 232 valence electrons. The minimum atomic E-state index is -0.462. The summed E-state index contributed by atoms with van der Waals surface area (Å²) in [6, 6.07) is 11.3. The maximum Gasteiger partial charge on any atom is 0.269 e. The Hall–Kier alpha value is -4.54. The van der Waals surface area contributed by atoms with E-state index in [0.29, 0.717) is 34.2 Å². The highest BCUT2D eigenvalue weighted by molar-refractivity contribution is 5.78. The number of azo groups is 2. The molecular formula is C33H40N6O5. The van der Waals surface area contributed by atoms with Crippen LogP contribution in [0.2, 0.25) is 0 Å². The van der Waals surface area contributed by atoms with Crippen LogP contribution in [0.4, 0.5) is 34.1 Å². The van der Waals surface area contributed by atoms with Crippen LogP contribution in [0, 0.1) is 10.1 Å². The van der Waals surface area contributed by atoms with Gasteiger partial charge in [-0.2, -0.15) is 5.11 Å². The van der Waals surface area contributed by atoms with Crippen LogP contribution in [0.15, 0.2) is 62.9 Å². The number of ether oxygens (including phenoxy) is 3. The Labute approximate surface area is 258 Å². The molecule has 0 N–H and O–H groups in total. The Morgan fingerprint density at radius 1 is 0.818 bits per heavy atom. The summed E-state index contributed by atoms with van der Waals surface area (Å²) in [4.78, 5) is 13.0. The molecule has 0 amide bonds. The maximum absolute atomic E-state index is 11.0. The fourth-order valence-corrected chi connectivity index (χ4v) is 5.85. The molecule has 0 bridgehead atoms. The molecule has 44 heavy (non-hydrogen) atoms. The first kappa shape index (κ1) is 30.9. The third-order valence-corrected chi connectivity index (χ3v) is 8.40. The number of anilines is 1. The molecular weight excluding hydrogens is 560 g/mol. The summed E-state index contributed by atoms with van der Waals surface area (Å²) < 4.78 is 17.8. The van der Waals surface area contributed by atoms with Crippen LogP contribution in [0.3, 0.4) is 0 Å². The fourth-order valence-electron chi connectivity index (χ4n) is 5.85. The van der Waals surface area contributed by atoms with Crippen LogP contribution < -0.4 is 19.1 Å². The van der Waals surface area contributed by atoms with Gasteiger partial charge in [0, 0.05) is 48.6 Å². The largest absolute Gasteiger partial charge is 0.494 e. The van der Waals surface area contributed by atoms with Gasteiger partial charge in [-0.1, -0.05) is 27.7 Å². The predicted molar refractivity (Wildman–Crippen MR) is 171 cm³/mol. The first-order valence-corrected chi connectivity index (χ1v) is 14.8. The first-order valence-electron chi connectivity index (χ1n) is 14.8. The molecule has 0 spiro atoms. The van der Waals surface area contributed by atoms with Gasteiger partial charge in [0.25, 0.3) is 5.69 Å². The van der Waals surface area contributed by atoms with Gasteiger partial charge < -0.3 is 19.1 Å². The number of nitro benzene ring substituents is 1. The van der Waals surface area contributed by atoms with Crippen LogP contribution in [-0.4, -0.2) is 38.3 Å². The quantitative estimate of drug-likeness (QED) is 0.137. The van der Waals surface area contributed by atoms with Gasteiger partial charge in [-0.15, -0.1) is 15.3 Å². The van der Waals surface area contributed by atoms with Crippen LogP contribution in [0.5, 0.6) is 17.2 Å². The van der Waals surface area contributed by atoms with Crippen molar-refractivity contribution in [1.29, 1.82) is 0 Å². The number of nitrogens with zero attached hydrogens (tertiary/aromatic N) is 6. The highest BCUT2D eigenvalue weighted by Crippen LogP contribution is 2.56. The number of hydrogen-bond donors (Lipinski definition) is 0. The minimum absolute atomic E-state index is 0.0208. The van der Waals surface area contributed by atoms with E-state index in [1.807, 2.05) is 13.8 Å². The van der Waals surface area contributed by atoms with Crippen LogP contribution in [-0.2, 0) is 10.8 Å². The van der Waals surface area contributed by atoms with Gasteiger partial charge in [-0.25, -0.2) is 0 Å². The van der Waals surface area contributed by atoms with Crippen molar-refractivity contribution in [3.63, 3.8) is 0 Å². The molecule has 11 nitrogen and oxygen atoms in total. The molecule has 0 unspecified atom stereocenters. The highest BCUT2D eigenvalue weighted by Gasteiger charge is 2.43. The monoisotopic (exact) mass is 600 g/mol. The normalized spacial score (nSPS) is 16.8. The molecule has 0 fully saturated rings. The average Bonchev–Trinajstić information content (AvgIpc) is 2.98. The van der Waals surface area contributed by atoms with Crippen molar-refractivity contribution in [3.8, 4) is 17.2 Å². The van der Waals surface area contributed by atoms with E-state index < -0.39 is 4.92 Å². The molecule has 2 aliphatic heterocycles. The molecule has 0 aromatic heterocycles. The molecule has 11 heteroatoms. The summed E-state index contributed by atoms with van der Waals surface area (Å²) in [5.74, 6) is 1.63. The van der Waals surface area contributed by atoms with Gasteiger partial charge in [0.15, 0.2) is 5.75 Å². The predicted octanol–water partition coefficient (Wildman–Crippen LogP) is 9.40. The number of non-ortho nitro benzene ring substituents is 1. The Balaban J connectivity index is 1.58. The van der Waals surface area contributed by atoms with Crippen molar-refractivity contribution in [1.82, 2.24) is 0 Å². The van der Waals surface area contributed by atoms with Crippen LogP contribution in [0.25, 0.3) is 0 Å². The van der Waals surface area contributed by atoms with Gasteiger partial charge in [0.2, 0.25) is 0 Å². The summed E-state index contributed by atoms with van der Waals surface area (Å²) >= 11 is 0. The zero-order valence-corrected chi connectivity index (χ0v) is 26.7.